The van der Waals surface area contributed by atoms with Gasteiger partial charge in [0.15, 0.2) is 0 Å². The molecule has 0 saturated heterocycles. The fourth-order valence-corrected chi connectivity index (χ4v) is 5.72. The van der Waals surface area contributed by atoms with Crippen LogP contribution in [0.1, 0.15) is 127 Å². The van der Waals surface area contributed by atoms with Gasteiger partial charge in [0.25, 0.3) is 10.1 Å². The van der Waals surface area contributed by atoms with E-state index in [-0.39, 0.29) is 10.3 Å². The van der Waals surface area contributed by atoms with Gasteiger partial charge in [0.05, 0.1) is 11.0 Å². The third-order valence-electron chi connectivity index (χ3n) is 6.50. The summed E-state index contributed by atoms with van der Waals surface area (Å²) in [6.07, 6.45) is 17.0. The number of aliphatic hydroxyl groups excluding tert-OH is 1. The summed E-state index contributed by atoms with van der Waals surface area (Å²) >= 11 is 0. The molecule has 0 aliphatic rings. The van der Waals surface area contributed by atoms with Gasteiger partial charge in [-0.1, -0.05) is 104 Å². The number of aliphatic hydroxyl groups is 1. The first-order valence-corrected chi connectivity index (χ1v) is 14.9. The highest BCUT2D eigenvalue weighted by Gasteiger charge is 2.28. The summed E-state index contributed by atoms with van der Waals surface area (Å²) in [6.45, 7) is 16.1. The first-order valence-electron chi connectivity index (χ1n) is 13.5. The summed E-state index contributed by atoms with van der Waals surface area (Å²) in [6, 6.07) is 1.57. The molecule has 2 N–H and O–H groups in total. The molecule has 0 amide bonds. The van der Waals surface area contributed by atoms with Crippen molar-refractivity contribution in [2.75, 3.05) is 0 Å². The quantitative estimate of drug-likeness (QED) is 0.119. The van der Waals surface area contributed by atoms with Gasteiger partial charge in [0.2, 0.25) is 0 Å². The van der Waals surface area contributed by atoms with E-state index in [9.17, 15) is 18.1 Å². The predicted octanol–water partition coefficient (Wildman–Crippen LogP) is 8.32. The second-order valence-electron chi connectivity index (χ2n) is 11.1. The van der Waals surface area contributed by atoms with Crippen molar-refractivity contribution in [3.05, 3.63) is 53.6 Å². The van der Waals surface area contributed by atoms with E-state index < -0.39 is 16.2 Å². The van der Waals surface area contributed by atoms with Gasteiger partial charge in [0.1, 0.15) is 0 Å². The highest BCUT2D eigenvalue weighted by atomic mass is 32.2. The van der Waals surface area contributed by atoms with Gasteiger partial charge in [-0.3, -0.25) is 4.55 Å². The lowest BCUT2D eigenvalue weighted by molar-refractivity contribution is 0.160. The zero-order chi connectivity index (χ0) is 26.5. The Morgan fingerprint density at radius 2 is 1.37 bits per heavy atom. The van der Waals surface area contributed by atoms with Crippen LogP contribution in [0.4, 0.5) is 0 Å². The van der Waals surface area contributed by atoms with Gasteiger partial charge in [-0.15, -0.1) is 13.2 Å². The Hall–Kier alpha value is -1.43. The van der Waals surface area contributed by atoms with Gasteiger partial charge in [-0.2, -0.15) is 8.42 Å². The number of hydrogen-bond acceptors (Lipinski definition) is 3. The second-order valence-corrected chi connectivity index (χ2v) is 12.5. The first kappa shape index (κ1) is 31.6. The standard InChI is InChI=1S/C30H50O4S/c1-7-10-11-12-13-14-15-16-17-18-21-27(31)29-24(23-30(4,5)6)22-28(35(32,33)34)25(19-8-2)26(29)20-9-3/h8-9,22,27,31H,2-3,7,10-21,23H2,1,4-6H3,(H,32,33,34). The van der Waals surface area contributed by atoms with Gasteiger partial charge >= 0.3 is 0 Å². The molecule has 0 radical (unpaired) electrons. The molecule has 4 nitrogen and oxygen atoms in total. The largest absolute Gasteiger partial charge is 0.388 e. The van der Waals surface area contributed by atoms with Crippen LogP contribution in [-0.2, 0) is 29.4 Å². The Morgan fingerprint density at radius 1 is 0.886 bits per heavy atom. The Kier molecular flexibility index (Phi) is 14.1. The van der Waals surface area contributed by atoms with Gasteiger partial charge < -0.3 is 5.11 Å². The maximum atomic E-state index is 12.3. The molecule has 1 atom stereocenters. The zero-order valence-electron chi connectivity index (χ0n) is 22.7. The van der Waals surface area contributed by atoms with E-state index in [1.807, 2.05) is 0 Å². The minimum Gasteiger partial charge on any atom is -0.388 e. The van der Waals surface area contributed by atoms with Crippen LogP contribution < -0.4 is 0 Å². The number of allylic oxidation sites excluding steroid dienone is 2. The van der Waals surface area contributed by atoms with E-state index in [4.69, 9.17) is 0 Å². The van der Waals surface area contributed by atoms with Gasteiger partial charge in [-0.05, 0) is 59.4 Å². The Bertz CT molecular complexity index is 894. The highest BCUT2D eigenvalue weighted by Crippen LogP contribution is 2.37. The average molecular weight is 507 g/mol. The molecule has 5 heteroatoms. The van der Waals surface area contributed by atoms with E-state index in [0.717, 1.165) is 29.5 Å². The van der Waals surface area contributed by atoms with Crippen LogP contribution in [-0.4, -0.2) is 18.1 Å². The molecule has 0 aromatic heterocycles. The lowest BCUT2D eigenvalue weighted by Crippen LogP contribution is -2.18. The molecule has 1 unspecified atom stereocenters. The zero-order valence-corrected chi connectivity index (χ0v) is 23.6. The molecule has 0 spiro atoms. The minimum atomic E-state index is -4.42. The van der Waals surface area contributed by atoms with E-state index in [1.165, 1.54) is 51.4 Å². The van der Waals surface area contributed by atoms with Crippen LogP contribution in [0, 0.1) is 5.41 Å². The average Bonchev–Trinajstić information content (AvgIpc) is 2.75. The van der Waals surface area contributed by atoms with Crippen LogP contribution in [0.25, 0.3) is 0 Å². The second kappa shape index (κ2) is 15.6. The molecule has 1 rings (SSSR count). The summed E-state index contributed by atoms with van der Waals surface area (Å²) < 4.78 is 34.6. The van der Waals surface area contributed by atoms with Crippen molar-refractivity contribution in [1.82, 2.24) is 0 Å². The molecule has 1 aromatic carbocycles. The first-order chi connectivity index (χ1) is 16.5. The van der Waals surface area contributed by atoms with Crippen LogP contribution in [0.5, 0.6) is 0 Å². The smallest absolute Gasteiger partial charge is 0.294 e. The topological polar surface area (TPSA) is 74.6 Å². The molecule has 1 aromatic rings. The van der Waals surface area contributed by atoms with E-state index >= 15 is 0 Å². The number of hydrogen-bond donors (Lipinski definition) is 2. The maximum absolute atomic E-state index is 12.3. The summed E-state index contributed by atoms with van der Waals surface area (Å²) in [4.78, 5) is -0.0802. The normalized spacial score (nSPS) is 13.1. The summed E-state index contributed by atoms with van der Waals surface area (Å²) in [5.74, 6) is 0. The van der Waals surface area contributed by atoms with Crippen molar-refractivity contribution in [2.45, 2.75) is 129 Å². The van der Waals surface area contributed by atoms with Crippen LogP contribution in [0.2, 0.25) is 0 Å². The molecule has 0 heterocycles. The van der Waals surface area contributed by atoms with E-state index in [1.54, 1.807) is 18.2 Å². The molecule has 0 aliphatic heterocycles. The van der Waals surface area contributed by atoms with Crippen molar-refractivity contribution in [2.24, 2.45) is 5.41 Å². The van der Waals surface area contributed by atoms with Gasteiger partial charge in [0, 0.05) is 0 Å². The third kappa shape index (κ3) is 11.4. The number of unbranched alkanes of at least 4 members (excludes halogenated alkanes) is 9. The van der Waals surface area contributed by atoms with Crippen molar-refractivity contribution < 1.29 is 18.1 Å². The van der Waals surface area contributed by atoms with Crippen molar-refractivity contribution in [1.29, 1.82) is 0 Å². The van der Waals surface area contributed by atoms with Crippen molar-refractivity contribution in [3.63, 3.8) is 0 Å². The minimum absolute atomic E-state index is 0.0802. The molecule has 0 aliphatic carbocycles. The molecule has 200 valence electrons. The number of rotatable bonds is 18. The van der Waals surface area contributed by atoms with Crippen LogP contribution >= 0.6 is 0 Å². The Morgan fingerprint density at radius 3 is 1.83 bits per heavy atom. The molecule has 35 heavy (non-hydrogen) atoms. The van der Waals surface area contributed by atoms with Gasteiger partial charge in [-0.25, -0.2) is 0 Å². The maximum Gasteiger partial charge on any atom is 0.294 e. The third-order valence-corrected chi connectivity index (χ3v) is 7.42. The summed E-state index contributed by atoms with van der Waals surface area (Å²) in [5.41, 5.74) is 2.74. The molecule has 0 bridgehead atoms. The summed E-state index contributed by atoms with van der Waals surface area (Å²) in [7, 11) is -4.42. The Balaban J connectivity index is 3.10. The van der Waals surface area contributed by atoms with Crippen LogP contribution in [0.15, 0.2) is 36.3 Å². The predicted molar refractivity (Wildman–Crippen MR) is 149 cm³/mol. The van der Waals surface area contributed by atoms with E-state index in [2.05, 4.69) is 40.9 Å². The molecule has 0 saturated carbocycles. The fraction of sp³-hybridized carbons (Fsp3) is 0.667. The monoisotopic (exact) mass is 506 g/mol. The fourth-order valence-electron chi connectivity index (χ4n) is 4.91. The molecular weight excluding hydrogens is 456 g/mol. The molecule has 0 fully saturated rings. The summed E-state index contributed by atoms with van der Waals surface area (Å²) in [5, 5.41) is 11.3. The van der Waals surface area contributed by atoms with E-state index in [0.29, 0.717) is 31.2 Å². The number of benzene rings is 1. The van der Waals surface area contributed by atoms with Crippen LogP contribution in [0.3, 0.4) is 0 Å². The lowest BCUT2D eigenvalue weighted by Gasteiger charge is -2.27. The molecular formula is C30H50O4S. The lowest BCUT2D eigenvalue weighted by atomic mass is 9.80. The SMILES string of the molecule is C=CCc1c(S(=O)(=O)O)cc(CC(C)(C)C)c(C(O)CCCCCCCCCCCC)c1CC=C. The Labute approximate surface area is 215 Å². The van der Waals surface area contributed by atoms with Crippen molar-refractivity contribution >= 4 is 10.1 Å². The highest BCUT2D eigenvalue weighted by molar-refractivity contribution is 7.85. The van der Waals surface area contributed by atoms with Crippen molar-refractivity contribution in [3.8, 4) is 0 Å².